The van der Waals surface area contributed by atoms with Crippen molar-refractivity contribution in [2.75, 3.05) is 11.6 Å². The van der Waals surface area contributed by atoms with Crippen LogP contribution < -0.4 is 5.32 Å². The summed E-state index contributed by atoms with van der Waals surface area (Å²) < 4.78 is 22.8. The van der Waals surface area contributed by atoms with Crippen molar-refractivity contribution in [2.45, 2.75) is 44.0 Å². The quantitative estimate of drug-likeness (QED) is 0.924. The van der Waals surface area contributed by atoms with Crippen molar-refractivity contribution in [2.24, 2.45) is 11.8 Å². The molecule has 2 atom stereocenters. The Morgan fingerprint density at radius 3 is 2.05 bits per heavy atom. The van der Waals surface area contributed by atoms with E-state index >= 15 is 0 Å². The molecule has 1 aromatic rings. The van der Waals surface area contributed by atoms with Crippen molar-refractivity contribution in [1.82, 2.24) is 0 Å². The van der Waals surface area contributed by atoms with Crippen molar-refractivity contribution in [3.05, 3.63) is 24.3 Å². The van der Waals surface area contributed by atoms with E-state index in [-0.39, 0.29) is 0 Å². The summed E-state index contributed by atoms with van der Waals surface area (Å²) in [6.45, 7) is 4.58. The van der Waals surface area contributed by atoms with Crippen LogP contribution in [0.3, 0.4) is 0 Å². The zero-order valence-corrected chi connectivity index (χ0v) is 12.7. The zero-order chi connectivity index (χ0) is 14.0. The lowest BCUT2D eigenvalue weighted by Gasteiger charge is -2.35. The van der Waals surface area contributed by atoms with Crippen molar-refractivity contribution in [3.63, 3.8) is 0 Å². The van der Waals surface area contributed by atoms with Gasteiger partial charge in [0.15, 0.2) is 9.84 Å². The fourth-order valence-electron chi connectivity index (χ4n) is 2.96. The number of anilines is 1. The fraction of sp³-hybridized carbons (Fsp3) is 0.600. The highest BCUT2D eigenvalue weighted by molar-refractivity contribution is 7.90. The van der Waals surface area contributed by atoms with Crippen LogP contribution in [0, 0.1) is 11.8 Å². The van der Waals surface area contributed by atoms with Crippen LogP contribution in [0.1, 0.15) is 33.1 Å². The predicted molar refractivity (Wildman–Crippen MR) is 79.1 cm³/mol. The molecule has 0 bridgehead atoms. The van der Waals surface area contributed by atoms with Crippen molar-refractivity contribution in [1.29, 1.82) is 0 Å². The van der Waals surface area contributed by atoms with Gasteiger partial charge in [0.25, 0.3) is 0 Å². The largest absolute Gasteiger partial charge is 0.382 e. The van der Waals surface area contributed by atoms with Crippen molar-refractivity contribution in [3.8, 4) is 0 Å². The number of rotatable bonds is 3. The molecule has 0 amide bonds. The van der Waals surface area contributed by atoms with Gasteiger partial charge in [0, 0.05) is 18.0 Å². The van der Waals surface area contributed by atoms with Gasteiger partial charge in [0.05, 0.1) is 4.90 Å². The first-order chi connectivity index (χ1) is 8.88. The van der Waals surface area contributed by atoms with E-state index < -0.39 is 9.84 Å². The highest BCUT2D eigenvalue weighted by Crippen LogP contribution is 2.31. The van der Waals surface area contributed by atoms with Gasteiger partial charge in [-0.2, -0.15) is 0 Å². The summed E-state index contributed by atoms with van der Waals surface area (Å²) in [5.74, 6) is 1.33. The lowest BCUT2D eigenvalue weighted by molar-refractivity contribution is 0.268. The molecule has 4 heteroatoms. The Bertz CT molecular complexity index is 512. The molecule has 1 fully saturated rings. The van der Waals surface area contributed by atoms with Crippen molar-refractivity contribution < 1.29 is 8.42 Å². The van der Waals surface area contributed by atoms with Gasteiger partial charge < -0.3 is 5.32 Å². The standard InChI is InChI=1S/C15H23NO2S/c1-11-5-4-6-12(2)15(11)16-13-7-9-14(10-8-13)19(3,17)18/h7-12,15-16H,4-6H2,1-3H3. The maximum atomic E-state index is 11.4. The van der Waals surface area contributed by atoms with E-state index in [4.69, 9.17) is 0 Å². The Hall–Kier alpha value is -1.03. The smallest absolute Gasteiger partial charge is 0.175 e. The molecule has 0 spiro atoms. The number of hydrogen-bond acceptors (Lipinski definition) is 3. The molecule has 0 saturated heterocycles. The third-order valence-corrected chi connectivity index (χ3v) is 5.29. The predicted octanol–water partition coefficient (Wildman–Crippen LogP) is 3.33. The van der Waals surface area contributed by atoms with Gasteiger partial charge in [-0.1, -0.05) is 20.3 Å². The minimum Gasteiger partial charge on any atom is -0.382 e. The lowest BCUT2D eigenvalue weighted by atomic mass is 9.78. The van der Waals surface area contributed by atoms with E-state index in [9.17, 15) is 8.42 Å². The van der Waals surface area contributed by atoms with Gasteiger partial charge in [-0.15, -0.1) is 0 Å². The molecule has 106 valence electrons. The van der Waals surface area contributed by atoms with Crippen LogP contribution in [-0.4, -0.2) is 20.7 Å². The van der Waals surface area contributed by atoms with Crippen LogP contribution in [-0.2, 0) is 9.84 Å². The SMILES string of the molecule is CC1CCCC(C)C1Nc1ccc(S(C)(=O)=O)cc1. The summed E-state index contributed by atoms with van der Waals surface area (Å²) in [5, 5.41) is 3.56. The van der Waals surface area contributed by atoms with Crippen molar-refractivity contribution >= 4 is 15.5 Å². The molecule has 0 aromatic heterocycles. The van der Waals surface area contributed by atoms with E-state index in [1.807, 2.05) is 12.1 Å². The van der Waals surface area contributed by atoms with Crippen LogP contribution in [0.5, 0.6) is 0 Å². The van der Waals surface area contributed by atoms with E-state index in [1.165, 1.54) is 25.5 Å². The minimum atomic E-state index is -3.10. The average molecular weight is 281 g/mol. The monoisotopic (exact) mass is 281 g/mol. The van der Waals surface area contributed by atoms with Gasteiger partial charge >= 0.3 is 0 Å². The molecule has 1 N–H and O–H groups in total. The van der Waals surface area contributed by atoms with E-state index in [0.29, 0.717) is 22.8 Å². The molecular weight excluding hydrogens is 258 g/mol. The Labute approximate surface area is 116 Å². The third kappa shape index (κ3) is 3.50. The maximum absolute atomic E-state index is 11.4. The highest BCUT2D eigenvalue weighted by Gasteiger charge is 2.27. The normalized spacial score (nSPS) is 28.1. The molecule has 0 aliphatic heterocycles. The molecule has 0 heterocycles. The number of nitrogens with one attached hydrogen (secondary N) is 1. The van der Waals surface area contributed by atoms with Gasteiger partial charge in [-0.3, -0.25) is 0 Å². The van der Waals surface area contributed by atoms with Crippen LogP contribution in [0.4, 0.5) is 5.69 Å². The molecule has 1 aliphatic rings. The molecule has 19 heavy (non-hydrogen) atoms. The summed E-state index contributed by atoms with van der Waals surface area (Å²) >= 11 is 0. The molecule has 1 aromatic carbocycles. The maximum Gasteiger partial charge on any atom is 0.175 e. The minimum absolute atomic E-state index is 0.378. The Kier molecular flexibility index (Phi) is 4.19. The number of hydrogen-bond donors (Lipinski definition) is 1. The molecule has 1 saturated carbocycles. The first-order valence-electron chi connectivity index (χ1n) is 6.94. The van der Waals surface area contributed by atoms with Crippen LogP contribution in [0.15, 0.2) is 29.2 Å². The summed E-state index contributed by atoms with van der Waals surface area (Å²) in [6, 6.07) is 7.57. The van der Waals surface area contributed by atoms with Crippen LogP contribution >= 0.6 is 0 Å². The molecule has 2 rings (SSSR count). The Morgan fingerprint density at radius 1 is 1.05 bits per heavy atom. The number of benzene rings is 1. The molecule has 3 nitrogen and oxygen atoms in total. The second kappa shape index (κ2) is 5.53. The van der Waals surface area contributed by atoms with Gasteiger partial charge in [-0.25, -0.2) is 8.42 Å². The van der Waals surface area contributed by atoms with E-state index in [0.717, 1.165) is 5.69 Å². The van der Waals surface area contributed by atoms with E-state index in [1.54, 1.807) is 12.1 Å². The highest BCUT2D eigenvalue weighted by atomic mass is 32.2. The Morgan fingerprint density at radius 2 is 1.58 bits per heavy atom. The molecular formula is C15H23NO2S. The van der Waals surface area contributed by atoms with Gasteiger partial charge in [0.1, 0.15) is 0 Å². The third-order valence-electron chi connectivity index (χ3n) is 4.16. The van der Waals surface area contributed by atoms with Crippen LogP contribution in [0.25, 0.3) is 0 Å². The fourth-order valence-corrected chi connectivity index (χ4v) is 3.59. The lowest BCUT2D eigenvalue weighted by Crippen LogP contribution is -2.37. The average Bonchev–Trinajstić information content (AvgIpc) is 2.33. The summed E-state index contributed by atoms with van der Waals surface area (Å²) in [5.41, 5.74) is 1.01. The Balaban J connectivity index is 2.11. The molecule has 2 unspecified atom stereocenters. The summed E-state index contributed by atoms with van der Waals surface area (Å²) in [7, 11) is -3.10. The first-order valence-corrected chi connectivity index (χ1v) is 8.84. The topological polar surface area (TPSA) is 46.2 Å². The van der Waals surface area contributed by atoms with Gasteiger partial charge in [0.2, 0.25) is 0 Å². The van der Waals surface area contributed by atoms with Gasteiger partial charge in [-0.05, 0) is 48.9 Å². The zero-order valence-electron chi connectivity index (χ0n) is 11.9. The van der Waals surface area contributed by atoms with E-state index in [2.05, 4.69) is 19.2 Å². The second-order valence-corrected chi connectivity index (χ2v) is 7.87. The first kappa shape index (κ1) is 14.4. The second-order valence-electron chi connectivity index (χ2n) is 5.85. The molecule has 1 aliphatic carbocycles. The molecule has 0 radical (unpaired) electrons. The number of sulfone groups is 1. The van der Waals surface area contributed by atoms with Crippen LogP contribution in [0.2, 0.25) is 0 Å². The summed E-state index contributed by atoms with van der Waals surface area (Å²) in [6.07, 6.45) is 5.08. The summed E-state index contributed by atoms with van der Waals surface area (Å²) in [4.78, 5) is 0.378.